The lowest BCUT2D eigenvalue weighted by Gasteiger charge is -1.90. The molecule has 0 spiro atoms. The number of nitrogens with one attached hydrogen (secondary N) is 1. The summed E-state index contributed by atoms with van der Waals surface area (Å²) in [6, 6.07) is 13.7. The summed E-state index contributed by atoms with van der Waals surface area (Å²) in [6.45, 7) is 0.599. The lowest BCUT2D eigenvalue weighted by molar-refractivity contribution is 0.926. The van der Waals surface area contributed by atoms with Crippen molar-refractivity contribution in [1.82, 2.24) is 4.98 Å². The number of aromatic nitrogens is 1. The molecule has 0 atom stereocenters. The molecule has 0 amide bonds. The molecule has 14 heavy (non-hydrogen) atoms. The van der Waals surface area contributed by atoms with Crippen molar-refractivity contribution in [2.75, 3.05) is 0 Å². The first-order valence-electron chi connectivity index (χ1n) is 4.50. The molecule has 3 heteroatoms. The summed E-state index contributed by atoms with van der Waals surface area (Å²) in [4.78, 5) is 3.07. The number of azo groups is 1. The molecule has 0 saturated carbocycles. The van der Waals surface area contributed by atoms with Crippen molar-refractivity contribution in [3.8, 4) is 0 Å². The van der Waals surface area contributed by atoms with Gasteiger partial charge in [-0.1, -0.05) is 18.2 Å². The first-order chi connectivity index (χ1) is 6.95. The van der Waals surface area contributed by atoms with Gasteiger partial charge in [-0.05, 0) is 24.3 Å². The van der Waals surface area contributed by atoms with Crippen LogP contribution in [-0.4, -0.2) is 4.98 Å². The maximum atomic E-state index is 4.09. The largest absolute Gasteiger partial charge is 0.363 e. The Labute approximate surface area is 82.5 Å². The molecule has 0 aliphatic rings. The Balaban J connectivity index is 1.96. The summed E-state index contributed by atoms with van der Waals surface area (Å²) < 4.78 is 0. The van der Waals surface area contributed by atoms with Gasteiger partial charge in [0, 0.05) is 11.9 Å². The molecule has 0 unspecified atom stereocenters. The second-order valence-corrected chi connectivity index (χ2v) is 2.93. The average molecular weight is 185 g/mol. The van der Waals surface area contributed by atoms with Crippen molar-refractivity contribution < 1.29 is 0 Å². The Bertz CT molecular complexity index is 390. The maximum Gasteiger partial charge on any atom is 0.100 e. The zero-order valence-corrected chi connectivity index (χ0v) is 7.72. The van der Waals surface area contributed by atoms with Gasteiger partial charge in [-0.2, -0.15) is 10.2 Å². The highest BCUT2D eigenvalue weighted by Crippen LogP contribution is 2.10. The number of nitrogens with zero attached hydrogens (tertiary/aromatic N) is 2. The van der Waals surface area contributed by atoms with Crippen molar-refractivity contribution >= 4 is 5.69 Å². The second kappa shape index (κ2) is 4.37. The molecule has 0 saturated heterocycles. The standard InChI is InChI=1S/C11H11N3/c1-2-5-10(6-3-1)14-13-9-11-7-4-8-12-11/h1-8,12H,9H2. The second-order valence-electron chi connectivity index (χ2n) is 2.93. The molecule has 3 nitrogen and oxygen atoms in total. The fourth-order valence-corrected chi connectivity index (χ4v) is 1.15. The summed E-state index contributed by atoms with van der Waals surface area (Å²) in [7, 11) is 0. The highest BCUT2D eigenvalue weighted by atomic mass is 15.1. The normalized spacial score (nSPS) is 10.9. The van der Waals surface area contributed by atoms with E-state index >= 15 is 0 Å². The SMILES string of the molecule is c1ccc(N=NCc2ccc[nH]2)cc1. The van der Waals surface area contributed by atoms with E-state index in [1.54, 1.807) is 0 Å². The molecular formula is C11H11N3. The van der Waals surface area contributed by atoms with E-state index in [2.05, 4.69) is 15.2 Å². The van der Waals surface area contributed by atoms with Gasteiger partial charge >= 0.3 is 0 Å². The van der Waals surface area contributed by atoms with Crippen molar-refractivity contribution in [3.63, 3.8) is 0 Å². The number of rotatable bonds is 3. The third kappa shape index (κ3) is 2.29. The smallest absolute Gasteiger partial charge is 0.100 e. The molecule has 70 valence electrons. The zero-order chi connectivity index (χ0) is 9.64. The third-order valence-corrected chi connectivity index (χ3v) is 1.85. The lowest BCUT2D eigenvalue weighted by atomic mass is 10.3. The number of benzene rings is 1. The van der Waals surface area contributed by atoms with E-state index in [4.69, 9.17) is 0 Å². The lowest BCUT2D eigenvalue weighted by Crippen LogP contribution is -1.77. The molecule has 1 N–H and O–H groups in total. The predicted octanol–water partition coefficient (Wildman–Crippen LogP) is 3.30. The number of aromatic amines is 1. The van der Waals surface area contributed by atoms with Gasteiger partial charge in [0.25, 0.3) is 0 Å². The van der Waals surface area contributed by atoms with Crippen LogP contribution in [0.4, 0.5) is 5.69 Å². The van der Waals surface area contributed by atoms with Crippen molar-refractivity contribution in [3.05, 3.63) is 54.4 Å². The zero-order valence-electron chi connectivity index (χ0n) is 7.72. The van der Waals surface area contributed by atoms with Gasteiger partial charge in [0.05, 0.1) is 5.69 Å². The van der Waals surface area contributed by atoms with E-state index in [9.17, 15) is 0 Å². The molecule has 1 aromatic carbocycles. The average Bonchev–Trinajstić information content (AvgIpc) is 2.72. The van der Waals surface area contributed by atoms with E-state index in [1.807, 2.05) is 48.7 Å². The summed E-state index contributed by atoms with van der Waals surface area (Å²) >= 11 is 0. The Hall–Kier alpha value is -1.90. The summed E-state index contributed by atoms with van der Waals surface area (Å²) in [6.07, 6.45) is 1.88. The minimum Gasteiger partial charge on any atom is -0.363 e. The topological polar surface area (TPSA) is 40.5 Å². The quantitative estimate of drug-likeness (QED) is 0.713. The molecule has 2 rings (SSSR count). The van der Waals surface area contributed by atoms with Crippen molar-refractivity contribution in [2.24, 2.45) is 10.2 Å². The Morgan fingerprint density at radius 3 is 2.57 bits per heavy atom. The molecule has 0 aliphatic heterocycles. The molecule has 1 aromatic heterocycles. The first kappa shape index (κ1) is 8.69. The number of hydrogen-bond acceptors (Lipinski definition) is 2. The first-order valence-corrected chi connectivity index (χ1v) is 4.50. The van der Waals surface area contributed by atoms with Crippen molar-refractivity contribution in [1.29, 1.82) is 0 Å². The van der Waals surface area contributed by atoms with Crippen LogP contribution in [0.2, 0.25) is 0 Å². The Kier molecular flexibility index (Phi) is 2.71. The summed E-state index contributed by atoms with van der Waals surface area (Å²) in [5, 5.41) is 8.16. The van der Waals surface area contributed by atoms with Crippen LogP contribution in [0.5, 0.6) is 0 Å². The van der Waals surface area contributed by atoms with Crippen LogP contribution < -0.4 is 0 Å². The van der Waals surface area contributed by atoms with E-state index in [-0.39, 0.29) is 0 Å². The van der Waals surface area contributed by atoms with Crippen LogP contribution in [-0.2, 0) is 6.54 Å². The Morgan fingerprint density at radius 1 is 1.00 bits per heavy atom. The van der Waals surface area contributed by atoms with Gasteiger partial charge in [0.15, 0.2) is 0 Å². The monoisotopic (exact) mass is 185 g/mol. The third-order valence-electron chi connectivity index (χ3n) is 1.85. The van der Waals surface area contributed by atoms with Crippen molar-refractivity contribution in [2.45, 2.75) is 6.54 Å². The van der Waals surface area contributed by atoms with Crippen LogP contribution in [0, 0.1) is 0 Å². The van der Waals surface area contributed by atoms with Gasteiger partial charge in [0.1, 0.15) is 6.54 Å². The van der Waals surface area contributed by atoms with Crippen LogP contribution in [0.1, 0.15) is 5.69 Å². The highest BCUT2D eigenvalue weighted by Gasteiger charge is 1.89. The van der Waals surface area contributed by atoms with Crippen LogP contribution in [0.25, 0.3) is 0 Å². The molecule has 0 bridgehead atoms. The van der Waals surface area contributed by atoms with Gasteiger partial charge in [-0.15, -0.1) is 0 Å². The molecule has 1 heterocycles. The van der Waals surface area contributed by atoms with Crippen LogP contribution in [0.15, 0.2) is 58.9 Å². The molecule has 2 aromatic rings. The van der Waals surface area contributed by atoms with Gasteiger partial charge in [-0.25, -0.2) is 0 Å². The summed E-state index contributed by atoms with van der Waals surface area (Å²) in [5.41, 5.74) is 1.96. The van der Waals surface area contributed by atoms with Crippen LogP contribution >= 0.6 is 0 Å². The minimum atomic E-state index is 0.599. The predicted molar refractivity (Wildman–Crippen MR) is 55.5 cm³/mol. The number of hydrogen-bond donors (Lipinski definition) is 1. The molecule has 0 aliphatic carbocycles. The molecular weight excluding hydrogens is 174 g/mol. The van der Waals surface area contributed by atoms with E-state index in [0.717, 1.165) is 11.4 Å². The van der Waals surface area contributed by atoms with Crippen LogP contribution in [0.3, 0.4) is 0 Å². The van der Waals surface area contributed by atoms with E-state index in [0.29, 0.717) is 6.54 Å². The minimum absolute atomic E-state index is 0.599. The molecule has 0 fully saturated rings. The fraction of sp³-hybridized carbons (Fsp3) is 0.0909. The Morgan fingerprint density at radius 2 is 1.86 bits per heavy atom. The highest BCUT2D eigenvalue weighted by molar-refractivity contribution is 5.34. The summed E-state index contributed by atoms with van der Waals surface area (Å²) in [5.74, 6) is 0. The maximum absolute atomic E-state index is 4.09. The fourth-order valence-electron chi connectivity index (χ4n) is 1.15. The van der Waals surface area contributed by atoms with Gasteiger partial charge in [-0.3, -0.25) is 0 Å². The van der Waals surface area contributed by atoms with Gasteiger partial charge in [0.2, 0.25) is 0 Å². The number of H-pyrrole nitrogens is 1. The van der Waals surface area contributed by atoms with E-state index < -0.39 is 0 Å². The van der Waals surface area contributed by atoms with E-state index in [1.165, 1.54) is 0 Å². The molecule has 0 radical (unpaired) electrons. The van der Waals surface area contributed by atoms with Gasteiger partial charge < -0.3 is 4.98 Å².